The second kappa shape index (κ2) is 12.9. The zero-order valence-corrected chi connectivity index (χ0v) is 22.8. The highest BCUT2D eigenvalue weighted by atomic mass is 19.4. The molecule has 1 aromatic carbocycles. The Hall–Kier alpha value is -4.04. The molecule has 5 rings (SSSR count). The number of nitro groups is 1. The standard InChI is InChI=1S/C28H32F3N7O4/c29-28(30,31)18-42-26-20(5-4-12-32-26)15-37(22-6-2-1-3-7-22)27-34-14-24(38(40)41)25(35-27)33-13-19-8-10-21(11-9-19)36-16-23(39)17-36/h1-7,12,14,19,21,23,39H,8-11,13,15-18H2,(H,33,34,35)/t19-,21-. The smallest absolute Gasteiger partial charge is 0.422 e. The van der Waals surface area contributed by atoms with Crippen molar-refractivity contribution in [1.29, 1.82) is 0 Å². The van der Waals surface area contributed by atoms with Crippen molar-refractivity contribution in [2.24, 2.45) is 5.92 Å². The molecule has 0 atom stereocenters. The number of likely N-dealkylation sites (tertiary alicyclic amines) is 1. The van der Waals surface area contributed by atoms with Crippen LogP contribution in [0.4, 0.5) is 36.3 Å². The minimum absolute atomic E-state index is 0.00247. The van der Waals surface area contributed by atoms with Gasteiger partial charge in [0.05, 0.1) is 17.6 Å². The number of aliphatic hydroxyl groups is 1. The van der Waals surface area contributed by atoms with E-state index < -0.39 is 17.7 Å². The summed E-state index contributed by atoms with van der Waals surface area (Å²) in [6.45, 7) is 0.437. The van der Waals surface area contributed by atoms with E-state index in [-0.39, 0.29) is 36.0 Å². The lowest BCUT2D eigenvalue weighted by Crippen LogP contribution is -2.56. The molecule has 2 N–H and O–H groups in total. The molecule has 1 saturated heterocycles. The van der Waals surface area contributed by atoms with Crippen LogP contribution in [0.2, 0.25) is 0 Å². The number of β-amino-alcohol motifs (C(OH)–C–C–N with tert-alkyl or cyclic N) is 1. The Balaban J connectivity index is 1.35. The van der Waals surface area contributed by atoms with Gasteiger partial charge >= 0.3 is 11.9 Å². The predicted octanol–water partition coefficient (Wildman–Crippen LogP) is 4.71. The molecule has 1 aliphatic heterocycles. The summed E-state index contributed by atoms with van der Waals surface area (Å²) in [5.74, 6) is 0.317. The number of halogens is 3. The van der Waals surface area contributed by atoms with E-state index >= 15 is 0 Å². The lowest BCUT2D eigenvalue weighted by atomic mass is 9.84. The third-order valence-corrected chi connectivity index (χ3v) is 7.60. The van der Waals surface area contributed by atoms with Crippen LogP contribution in [0, 0.1) is 16.0 Å². The number of aliphatic hydroxyl groups excluding tert-OH is 1. The lowest BCUT2D eigenvalue weighted by molar-refractivity contribution is -0.384. The van der Waals surface area contributed by atoms with Crippen molar-refractivity contribution in [2.45, 2.75) is 50.6 Å². The molecular formula is C28H32F3N7O4. The average Bonchev–Trinajstić information content (AvgIpc) is 2.97. The monoisotopic (exact) mass is 587 g/mol. The summed E-state index contributed by atoms with van der Waals surface area (Å²) in [5, 5.41) is 24.6. The van der Waals surface area contributed by atoms with Crippen molar-refractivity contribution in [3.63, 3.8) is 0 Å². The number of nitrogens with one attached hydrogen (secondary N) is 1. The van der Waals surface area contributed by atoms with Gasteiger partial charge in [-0.05, 0) is 49.8 Å². The maximum atomic E-state index is 12.9. The molecule has 0 radical (unpaired) electrons. The van der Waals surface area contributed by atoms with Crippen LogP contribution in [0.5, 0.6) is 5.88 Å². The van der Waals surface area contributed by atoms with Crippen LogP contribution in [-0.4, -0.2) is 74.4 Å². The number of alkyl halides is 3. The molecule has 2 aromatic heterocycles. The molecule has 42 heavy (non-hydrogen) atoms. The Morgan fingerprint density at radius 1 is 1.10 bits per heavy atom. The summed E-state index contributed by atoms with van der Waals surface area (Å²) < 4.78 is 43.5. The van der Waals surface area contributed by atoms with Gasteiger partial charge in [-0.25, -0.2) is 9.97 Å². The van der Waals surface area contributed by atoms with E-state index in [0.717, 1.165) is 45.0 Å². The van der Waals surface area contributed by atoms with E-state index in [0.29, 0.717) is 29.8 Å². The Morgan fingerprint density at radius 3 is 2.50 bits per heavy atom. The van der Waals surface area contributed by atoms with Crippen LogP contribution in [0.1, 0.15) is 31.2 Å². The molecule has 3 heterocycles. The fourth-order valence-corrected chi connectivity index (χ4v) is 5.38. The zero-order valence-electron chi connectivity index (χ0n) is 22.8. The van der Waals surface area contributed by atoms with Crippen LogP contribution in [0.25, 0.3) is 0 Å². The minimum Gasteiger partial charge on any atom is -0.468 e. The normalized spacial score (nSPS) is 19.6. The van der Waals surface area contributed by atoms with Crippen LogP contribution in [0.3, 0.4) is 0 Å². The van der Waals surface area contributed by atoms with Crippen molar-refractivity contribution in [1.82, 2.24) is 19.9 Å². The maximum absolute atomic E-state index is 12.9. The number of benzene rings is 1. The average molecular weight is 588 g/mol. The summed E-state index contributed by atoms with van der Waals surface area (Å²) >= 11 is 0. The number of nitrogens with zero attached hydrogens (tertiary/aromatic N) is 6. The number of anilines is 3. The summed E-state index contributed by atoms with van der Waals surface area (Å²) in [5.41, 5.74) is 0.705. The third-order valence-electron chi connectivity index (χ3n) is 7.60. The van der Waals surface area contributed by atoms with E-state index in [1.807, 2.05) is 6.07 Å². The van der Waals surface area contributed by atoms with E-state index in [4.69, 9.17) is 4.74 Å². The van der Waals surface area contributed by atoms with Gasteiger partial charge in [0.15, 0.2) is 6.61 Å². The highest BCUT2D eigenvalue weighted by Crippen LogP contribution is 2.33. The van der Waals surface area contributed by atoms with Gasteiger partial charge in [0.25, 0.3) is 0 Å². The summed E-state index contributed by atoms with van der Waals surface area (Å²) in [7, 11) is 0. The van der Waals surface area contributed by atoms with Crippen molar-refractivity contribution in [3.8, 4) is 5.88 Å². The second-order valence-corrected chi connectivity index (χ2v) is 10.6. The van der Waals surface area contributed by atoms with E-state index in [1.165, 1.54) is 6.20 Å². The SMILES string of the molecule is O=[N+]([O-])c1cnc(N(Cc2cccnc2OCC(F)(F)F)c2ccccc2)nc1NC[C@H]1CC[C@H](N2CC(O)C2)CC1. The number of aromatic nitrogens is 3. The fraction of sp³-hybridized carbons (Fsp3) is 0.464. The fourth-order valence-electron chi connectivity index (χ4n) is 5.38. The molecule has 0 bridgehead atoms. The first kappa shape index (κ1) is 29.5. The molecule has 224 valence electrons. The lowest BCUT2D eigenvalue weighted by Gasteiger charge is -2.44. The molecule has 0 unspecified atom stereocenters. The molecule has 2 fully saturated rings. The first-order chi connectivity index (χ1) is 20.2. The van der Waals surface area contributed by atoms with E-state index in [2.05, 4.69) is 25.2 Å². The maximum Gasteiger partial charge on any atom is 0.422 e. The Bertz CT molecular complexity index is 1350. The number of hydrogen-bond donors (Lipinski definition) is 2. The van der Waals surface area contributed by atoms with Crippen molar-refractivity contribution < 1.29 is 27.9 Å². The largest absolute Gasteiger partial charge is 0.468 e. The van der Waals surface area contributed by atoms with E-state index in [9.17, 15) is 28.4 Å². The second-order valence-electron chi connectivity index (χ2n) is 10.6. The molecule has 14 heteroatoms. The highest BCUT2D eigenvalue weighted by Gasteiger charge is 2.34. The molecule has 3 aromatic rings. The van der Waals surface area contributed by atoms with Crippen LogP contribution >= 0.6 is 0 Å². The predicted molar refractivity (Wildman–Crippen MR) is 149 cm³/mol. The van der Waals surface area contributed by atoms with Crippen LogP contribution in [0.15, 0.2) is 54.9 Å². The number of hydrogen-bond acceptors (Lipinski definition) is 10. The number of para-hydroxylation sites is 1. The third kappa shape index (κ3) is 7.42. The molecule has 11 nitrogen and oxygen atoms in total. The van der Waals surface area contributed by atoms with Gasteiger partial charge in [-0.1, -0.05) is 24.3 Å². The molecular weight excluding hydrogens is 555 g/mol. The zero-order chi connectivity index (χ0) is 29.7. The first-order valence-corrected chi connectivity index (χ1v) is 13.8. The Kier molecular flexibility index (Phi) is 9.02. The molecule has 1 saturated carbocycles. The first-order valence-electron chi connectivity index (χ1n) is 13.8. The Morgan fingerprint density at radius 2 is 1.83 bits per heavy atom. The highest BCUT2D eigenvalue weighted by molar-refractivity contribution is 5.63. The molecule has 1 aliphatic carbocycles. The van der Waals surface area contributed by atoms with E-state index in [1.54, 1.807) is 41.3 Å². The van der Waals surface area contributed by atoms with Crippen molar-refractivity contribution in [3.05, 3.63) is 70.5 Å². The van der Waals surface area contributed by atoms with Gasteiger partial charge in [0.2, 0.25) is 17.6 Å². The summed E-state index contributed by atoms with van der Waals surface area (Å²) in [6, 6.07) is 12.6. The van der Waals surface area contributed by atoms with Gasteiger partial charge in [-0.3, -0.25) is 15.0 Å². The van der Waals surface area contributed by atoms with Crippen molar-refractivity contribution in [2.75, 3.05) is 36.5 Å². The molecule has 2 aliphatic rings. The number of ether oxygens (including phenoxy) is 1. The summed E-state index contributed by atoms with van der Waals surface area (Å²) in [6.07, 6.45) is 1.62. The van der Waals surface area contributed by atoms with Crippen LogP contribution < -0.4 is 15.0 Å². The molecule has 0 spiro atoms. The van der Waals surface area contributed by atoms with Gasteiger partial charge in [0.1, 0.15) is 6.20 Å². The number of rotatable bonds is 11. The van der Waals surface area contributed by atoms with Crippen molar-refractivity contribution >= 4 is 23.1 Å². The van der Waals surface area contributed by atoms with Crippen LogP contribution in [-0.2, 0) is 6.54 Å². The number of pyridine rings is 1. The van der Waals surface area contributed by atoms with Gasteiger partial charge < -0.3 is 20.1 Å². The van der Waals surface area contributed by atoms with Gasteiger partial charge in [-0.15, -0.1) is 0 Å². The van der Waals surface area contributed by atoms with Gasteiger partial charge in [0, 0.05) is 43.1 Å². The molecule has 0 amide bonds. The topological polar surface area (TPSA) is 130 Å². The quantitative estimate of drug-likeness (QED) is 0.240. The summed E-state index contributed by atoms with van der Waals surface area (Å²) in [4.78, 5) is 28.0. The minimum atomic E-state index is -4.54. The van der Waals surface area contributed by atoms with Gasteiger partial charge in [-0.2, -0.15) is 18.2 Å². The Labute approximate surface area is 240 Å².